The smallest absolute Gasteiger partial charge is 0.335 e. The van der Waals surface area contributed by atoms with Gasteiger partial charge in [-0.05, 0) is 42.8 Å². The lowest BCUT2D eigenvalue weighted by Crippen LogP contribution is -2.14. The molecule has 0 saturated carbocycles. The van der Waals surface area contributed by atoms with E-state index >= 15 is 0 Å². The molecule has 0 amide bonds. The average molecular weight is 320 g/mol. The highest BCUT2D eigenvalue weighted by atomic mass is 35.5. The van der Waals surface area contributed by atoms with Crippen LogP contribution in [0.4, 0.5) is 0 Å². The van der Waals surface area contributed by atoms with Gasteiger partial charge in [0.05, 0.1) is 12.2 Å². The molecule has 0 heterocycles. The summed E-state index contributed by atoms with van der Waals surface area (Å²) in [7, 11) is 0. The van der Waals surface area contributed by atoms with Crippen molar-refractivity contribution in [3.8, 4) is 5.75 Å². The number of aromatic carboxylic acids is 1. The minimum atomic E-state index is -0.917. The number of carboxylic acid groups (broad SMARTS) is 1. The average Bonchev–Trinajstić information content (AvgIpc) is 2.50. The lowest BCUT2D eigenvalue weighted by Gasteiger charge is -2.11. The first-order chi connectivity index (χ1) is 10.6. The SMILES string of the molecule is CCOc1ccc(Cl)cc1CNCc1ccc(C(=O)O)cc1. The fourth-order valence-corrected chi connectivity index (χ4v) is 2.28. The monoisotopic (exact) mass is 319 g/mol. The minimum absolute atomic E-state index is 0.289. The van der Waals surface area contributed by atoms with Crippen LogP contribution in [0.2, 0.25) is 5.02 Å². The quantitative estimate of drug-likeness (QED) is 0.816. The Labute approximate surface area is 134 Å². The maximum Gasteiger partial charge on any atom is 0.335 e. The minimum Gasteiger partial charge on any atom is -0.494 e. The molecule has 0 aliphatic rings. The van der Waals surface area contributed by atoms with Gasteiger partial charge < -0.3 is 15.2 Å². The van der Waals surface area contributed by atoms with Crippen LogP contribution in [0.5, 0.6) is 5.75 Å². The van der Waals surface area contributed by atoms with Gasteiger partial charge in [0.2, 0.25) is 0 Å². The number of hydrogen-bond donors (Lipinski definition) is 2. The lowest BCUT2D eigenvalue weighted by molar-refractivity contribution is 0.0697. The van der Waals surface area contributed by atoms with Gasteiger partial charge in [-0.3, -0.25) is 0 Å². The molecule has 0 fully saturated rings. The molecule has 0 aliphatic heterocycles. The van der Waals surface area contributed by atoms with E-state index in [4.69, 9.17) is 21.4 Å². The van der Waals surface area contributed by atoms with Crippen molar-refractivity contribution in [2.24, 2.45) is 0 Å². The van der Waals surface area contributed by atoms with Crippen molar-refractivity contribution in [3.63, 3.8) is 0 Å². The summed E-state index contributed by atoms with van der Waals surface area (Å²) in [5.41, 5.74) is 2.30. The van der Waals surface area contributed by atoms with Gasteiger partial charge in [-0.2, -0.15) is 0 Å². The van der Waals surface area contributed by atoms with Crippen molar-refractivity contribution in [2.75, 3.05) is 6.61 Å². The third kappa shape index (κ3) is 4.48. The zero-order chi connectivity index (χ0) is 15.9. The number of ether oxygens (including phenoxy) is 1. The van der Waals surface area contributed by atoms with Crippen molar-refractivity contribution in [2.45, 2.75) is 20.0 Å². The Bertz CT molecular complexity index is 641. The summed E-state index contributed by atoms with van der Waals surface area (Å²) in [4.78, 5) is 10.8. The van der Waals surface area contributed by atoms with Crippen molar-refractivity contribution < 1.29 is 14.6 Å². The van der Waals surface area contributed by atoms with E-state index in [1.807, 2.05) is 19.1 Å². The molecule has 0 radical (unpaired) electrons. The van der Waals surface area contributed by atoms with Crippen LogP contribution < -0.4 is 10.1 Å². The molecule has 22 heavy (non-hydrogen) atoms. The Morgan fingerprint density at radius 3 is 2.55 bits per heavy atom. The maximum atomic E-state index is 10.8. The van der Waals surface area contributed by atoms with Gasteiger partial charge in [-0.25, -0.2) is 4.79 Å². The Balaban J connectivity index is 1.95. The topological polar surface area (TPSA) is 58.6 Å². The Hall–Kier alpha value is -2.04. The van der Waals surface area contributed by atoms with E-state index < -0.39 is 5.97 Å². The molecule has 2 aromatic rings. The van der Waals surface area contributed by atoms with E-state index in [1.54, 1.807) is 30.3 Å². The molecule has 0 saturated heterocycles. The molecular formula is C17H18ClNO3. The van der Waals surface area contributed by atoms with E-state index in [9.17, 15) is 4.79 Å². The van der Waals surface area contributed by atoms with E-state index in [-0.39, 0.29) is 5.56 Å². The van der Waals surface area contributed by atoms with E-state index in [1.165, 1.54) is 0 Å². The van der Waals surface area contributed by atoms with Crippen LogP contribution in [0, 0.1) is 0 Å². The van der Waals surface area contributed by atoms with Crippen LogP contribution in [-0.2, 0) is 13.1 Å². The number of carboxylic acids is 1. The molecule has 5 heteroatoms. The first-order valence-electron chi connectivity index (χ1n) is 7.04. The Morgan fingerprint density at radius 2 is 1.91 bits per heavy atom. The summed E-state index contributed by atoms with van der Waals surface area (Å²) >= 11 is 6.02. The van der Waals surface area contributed by atoms with Crippen LogP contribution in [0.15, 0.2) is 42.5 Å². The van der Waals surface area contributed by atoms with Gasteiger partial charge in [-0.15, -0.1) is 0 Å². The summed E-state index contributed by atoms with van der Waals surface area (Å²) in [6, 6.07) is 12.4. The third-order valence-electron chi connectivity index (χ3n) is 3.17. The maximum absolute atomic E-state index is 10.8. The molecule has 0 unspecified atom stereocenters. The highest BCUT2D eigenvalue weighted by Gasteiger charge is 2.05. The van der Waals surface area contributed by atoms with Gasteiger partial charge in [-0.1, -0.05) is 23.7 Å². The zero-order valence-corrected chi connectivity index (χ0v) is 13.1. The first kappa shape index (κ1) is 16.3. The second kappa shape index (κ2) is 7.82. The highest BCUT2D eigenvalue weighted by Crippen LogP contribution is 2.23. The molecule has 2 rings (SSSR count). The Morgan fingerprint density at radius 1 is 1.18 bits per heavy atom. The van der Waals surface area contributed by atoms with Crippen molar-refractivity contribution in [1.82, 2.24) is 5.32 Å². The zero-order valence-electron chi connectivity index (χ0n) is 12.3. The normalized spacial score (nSPS) is 10.5. The highest BCUT2D eigenvalue weighted by molar-refractivity contribution is 6.30. The van der Waals surface area contributed by atoms with Crippen molar-refractivity contribution in [3.05, 3.63) is 64.2 Å². The second-order valence-electron chi connectivity index (χ2n) is 4.79. The molecule has 0 bridgehead atoms. The number of rotatable bonds is 7. The second-order valence-corrected chi connectivity index (χ2v) is 5.23. The number of hydrogen-bond acceptors (Lipinski definition) is 3. The first-order valence-corrected chi connectivity index (χ1v) is 7.42. The standard InChI is InChI=1S/C17H18ClNO3/c1-2-22-16-8-7-15(18)9-14(16)11-19-10-12-3-5-13(6-4-12)17(20)21/h3-9,19H,2,10-11H2,1H3,(H,20,21). The fourth-order valence-electron chi connectivity index (χ4n) is 2.09. The van der Waals surface area contributed by atoms with Crippen molar-refractivity contribution >= 4 is 17.6 Å². The largest absolute Gasteiger partial charge is 0.494 e. The van der Waals surface area contributed by atoms with E-state index in [0.717, 1.165) is 16.9 Å². The summed E-state index contributed by atoms with van der Waals surface area (Å²) < 4.78 is 5.57. The predicted octanol–water partition coefficient (Wildman–Crippen LogP) is 3.73. The molecule has 0 aliphatic carbocycles. The lowest BCUT2D eigenvalue weighted by atomic mass is 10.1. The predicted molar refractivity (Wildman–Crippen MR) is 86.6 cm³/mol. The van der Waals surface area contributed by atoms with Gasteiger partial charge >= 0.3 is 5.97 Å². The summed E-state index contributed by atoms with van der Waals surface area (Å²) in [6.45, 7) is 3.80. The van der Waals surface area contributed by atoms with Crippen LogP contribution in [-0.4, -0.2) is 17.7 Å². The van der Waals surface area contributed by atoms with Gasteiger partial charge in [0, 0.05) is 23.7 Å². The van der Waals surface area contributed by atoms with Crippen LogP contribution in [0.3, 0.4) is 0 Å². The van der Waals surface area contributed by atoms with Gasteiger partial charge in [0.25, 0.3) is 0 Å². The van der Waals surface area contributed by atoms with Crippen LogP contribution >= 0.6 is 11.6 Å². The van der Waals surface area contributed by atoms with Crippen molar-refractivity contribution in [1.29, 1.82) is 0 Å². The molecule has 4 nitrogen and oxygen atoms in total. The number of nitrogens with one attached hydrogen (secondary N) is 1. The van der Waals surface area contributed by atoms with Crippen LogP contribution in [0.25, 0.3) is 0 Å². The number of halogens is 1. The molecular weight excluding hydrogens is 302 g/mol. The molecule has 0 atom stereocenters. The van der Waals surface area contributed by atoms with Gasteiger partial charge in [0.15, 0.2) is 0 Å². The molecule has 2 aromatic carbocycles. The third-order valence-corrected chi connectivity index (χ3v) is 3.40. The Kier molecular flexibility index (Phi) is 5.81. The summed E-state index contributed by atoms with van der Waals surface area (Å²) in [5, 5.41) is 12.8. The number of carbonyl (C=O) groups is 1. The molecule has 0 spiro atoms. The molecule has 116 valence electrons. The molecule has 2 N–H and O–H groups in total. The fraction of sp³-hybridized carbons (Fsp3) is 0.235. The summed E-state index contributed by atoms with van der Waals surface area (Å²) in [6.07, 6.45) is 0. The van der Waals surface area contributed by atoms with E-state index in [2.05, 4.69) is 5.32 Å². The number of benzene rings is 2. The van der Waals surface area contributed by atoms with E-state index in [0.29, 0.717) is 24.7 Å². The molecule has 0 aromatic heterocycles. The van der Waals surface area contributed by atoms with Gasteiger partial charge in [0.1, 0.15) is 5.75 Å². The summed E-state index contributed by atoms with van der Waals surface area (Å²) in [5.74, 6) is -0.0968. The van der Waals surface area contributed by atoms with Crippen LogP contribution in [0.1, 0.15) is 28.4 Å².